The van der Waals surface area contributed by atoms with Gasteiger partial charge in [0.2, 0.25) is 0 Å². The van der Waals surface area contributed by atoms with Gasteiger partial charge in [0, 0.05) is 17.8 Å². The minimum atomic E-state index is -0.355. The van der Waals surface area contributed by atoms with Gasteiger partial charge in [-0.1, -0.05) is 34.8 Å². The van der Waals surface area contributed by atoms with Crippen LogP contribution in [0.4, 0.5) is 0 Å². The minimum Gasteiger partial charge on any atom is -0.368 e. The summed E-state index contributed by atoms with van der Waals surface area (Å²) in [5, 5.41) is 4.92. The molecule has 27 heavy (non-hydrogen) atoms. The van der Waals surface area contributed by atoms with Crippen LogP contribution in [-0.4, -0.2) is 50.1 Å². The van der Waals surface area contributed by atoms with Gasteiger partial charge in [-0.2, -0.15) is 14.6 Å². The maximum absolute atomic E-state index is 12.9. The molecule has 1 atom stereocenters. The lowest BCUT2D eigenvalue weighted by Gasteiger charge is -2.33. The predicted molar refractivity (Wildman–Crippen MR) is 102 cm³/mol. The van der Waals surface area contributed by atoms with Crippen molar-refractivity contribution < 1.29 is 9.53 Å². The van der Waals surface area contributed by atoms with E-state index in [0.29, 0.717) is 31.0 Å². The first-order valence-electron chi connectivity index (χ1n) is 8.16. The van der Waals surface area contributed by atoms with Gasteiger partial charge in [-0.25, -0.2) is 4.98 Å². The van der Waals surface area contributed by atoms with Crippen molar-refractivity contribution >= 4 is 46.5 Å². The third kappa shape index (κ3) is 3.48. The van der Waals surface area contributed by atoms with E-state index in [1.807, 2.05) is 13.0 Å². The van der Waals surface area contributed by atoms with Gasteiger partial charge in [-0.05, 0) is 25.1 Å². The van der Waals surface area contributed by atoms with E-state index in [9.17, 15) is 4.79 Å². The summed E-state index contributed by atoms with van der Waals surface area (Å²) in [4.78, 5) is 23.1. The molecule has 0 spiro atoms. The molecule has 1 aliphatic heterocycles. The fourth-order valence-electron chi connectivity index (χ4n) is 3.06. The van der Waals surface area contributed by atoms with E-state index in [1.54, 1.807) is 9.42 Å². The summed E-state index contributed by atoms with van der Waals surface area (Å²) >= 11 is 18.1. The molecule has 3 aromatic rings. The molecule has 1 aliphatic rings. The number of aryl methyl sites for hydroxylation is 1. The van der Waals surface area contributed by atoms with Crippen molar-refractivity contribution in [1.82, 2.24) is 24.5 Å². The van der Waals surface area contributed by atoms with Crippen LogP contribution in [0.25, 0.3) is 5.78 Å². The van der Waals surface area contributed by atoms with Crippen LogP contribution in [0.1, 0.15) is 27.8 Å². The number of aromatic nitrogens is 4. The number of amides is 1. The highest BCUT2D eigenvalue weighted by atomic mass is 35.5. The van der Waals surface area contributed by atoms with Gasteiger partial charge in [0.1, 0.15) is 12.4 Å². The highest BCUT2D eigenvalue weighted by molar-refractivity contribution is 6.48. The predicted octanol–water partition coefficient (Wildman–Crippen LogP) is 3.61. The van der Waals surface area contributed by atoms with Crippen molar-refractivity contribution in [2.24, 2.45) is 0 Å². The van der Waals surface area contributed by atoms with E-state index in [0.717, 1.165) is 11.4 Å². The minimum absolute atomic E-state index is 0.190. The molecule has 0 N–H and O–H groups in total. The van der Waals surface area contributed by atoms with E-state index in [-0.39, 0.29) is 27.1 Å². The molecule has 140 valence electrons. The molecule has 0 unspecified atom stereocenters. The molecule has 7 nitrogen and oxygen atoms in total. The normalized spacial score (nSPS) is 17.5. The fourth-order valence-corrected chi connectivity index (χ4v) is 3.66. The zero-order valence-corrected chi connectivity index (χ0v) is 16.5. The molecule has 1 amide bonds. The number of halogens is 3. The van der Waals surface area contributed by atoms with E-state index < -0.39 is 0 Å². The fraction of sp³-hybridized carbons (Fsp3) is 0.294. The number of morpholine rings is 1. The van der Waals surface area contributed by atoms with E-state index in [4.69, 9.17) is 39.5 Å². The van der Waals surface area contributed by atoms with E-state index in [2.05, 4.69) is 15.1 Å². The molecular weight excluding hydrogens is 413 g/mol. The summed E-state index contributed by atoms with van der Waals surface area (Å²) in [6.07, 6.45) is 1.08. The van der Waals surface area contributed by atoms with Crippen molar-refractivity contribution in [2.75, 3.05) is 19.7 Å². The first-order chi connectivity index (χ1) is 12.9. The number of carbonyl (C=O) groups excluding carboxylic acids is 1. The van der Waals surface area contributed by atoms with Crippen molar-refractivity contribution in [3.8, 4) is 0 Å². The molecule has 1 aromatic carbocycles. The van der Waals surface area contributed by atoms with Crippen molar-refractivity contribution in [1.29, 1.82) is 0 Å². The Kier molecular flexibility index (Phi) is 4.94. The average molecular weight is 427 g/mol. The van der Waals surface area contributed by atoms with Crippen molar-refractivity contribution in [3.63, 3.8) is 0 Å². The molecule has 10 heteroatoms. The standard InChI is InChI=1S/C17H14Cl3N5O2/c1-9-4-13(25-17(23-9)21-8-22-25)14-7-24(2-3-27-14)16(26)10-5-11(18)15(20)12(19)6-10/h4-6,8,14H,2-3,7H2,1H3/t14-/m0/s1. The zero-order valence-electron chi connectivity index (χ0n) is 14.2. The molecule has 1 fully saturated rings. The van der Waals surface area contributed by atoms with Crippen LogP contribution in [0.15, 0.2) is 24.5 Å². The maximum atomic E-state index is 12.9. The van der Waals surface area contributed by atoms with Crippen molar-refractivity contribution in [3.05, 3.63) is 56.5 Å². The monoisotopic (exact) mass is 425 g/mol. The Labute approximate surface area is 169 Å². The van der Waals surface area contributed by atoms with Crippen LogP contribution in [0.3, 0.4) is 0 Å². The summed E-state index contributed by atoms with van der Waals surface area (Å²) in [5.74, 6) is 0.303. The molecule has 2 aromatic heterocycles. The number of hydrogen-bond donors (Lipinski definition) is 0. The quantitative estimate of drug-likeness (QED) is 0.585. The molecule has 0 aliphatic carbocycles. The van der Waals surface area contributed by atoms with Crippen LogP contribution >= 0.6 is 34.8 Å². The Morgan fingerprint density at radius 1 is 1.22 bits per heavy atom. The maximum Gasteiger partial charge on any atom is 0.254 e. The number of rotatable bonds is 2. The molecule has 3 heterocycles. The van der Waals surface area contributed by atoms with Gasteiger partial charge < -0.3 is 9.64 Å². The Balaban J connectivity index is 1.63. The molecule has 0 bridgehead atoms. The second-order valence-electron chi connectivity index (χ2n) is 6.16. The molecule has 0 saturated carbocycles. The Morgan fingerprint density at radius 2 is 1.96 bits per heavy atom. The average Bonchev–Trinajstić information content (AvgIpc) is 3.12. The first kappa shape index (κ1) is 18.4. The number of nitrogens with zero attached hydrogens (tertiary/aromatic N) is 5. The lowest BCUT2D eigenvalue weighted by molar-refractivity contribution is -0.0257. The Morgan fingerprint density at radius 3 is 2.70 bits per heavy atom. The largest absolute Gasteiger partial charge is 0.368 e. The van der Waals surface area contributed by atoms with Gasteiger partial charge in [0.15, 0.2) is 0 Å². The highest BCUT2D eigenvalue weighted by Crippen LogP contribution is 2.32. The summed E-state index contributed by atoms with van der Waals surface area (Å²) < 4.78 is 7.52. The number of carbonyl (C=O) groups is 1. The van der Waals surface area contributed by atoms with Gasteiger partial charge in [-0.15, -0.1) is 0 Å². The highest BCUT2D eigenvalue weighted by Gasteiger charge is 2.29. The Hall–Kier alpha value is -1.93. The van der Waals surface area contributed by atoms with Crippen LogP contribution in [0, 0.1) is 6.92 Å². The number of hydrogen-bond acceptors (Lipinski definition) is 5. The van der Waals surface area contributed by atoms with E-state index in [1.165, 1.54) is 18.5 Å². The molecular formula is C17H14Cl3N5O2. The SMILES string of the molecule is Cc1cc([C@@H]2CN(C(=O)c3cc(Cl)c(Cl)c(Cl)c3)CCO2)n2ncnc2n1. The van der Waals surface area contributed by atoms with Crippen LogP contribution < -0.4 is 0 Å². The zero-order chi connectivity index (χ0) is 19.1. The number of ether oxygens (including phenoxy) is 1. The first-order valence-corrected chi connectivity index (χ1v) is 9.30. The summed E-state index contributed by atoms with van der Waals surface area (Å²) in [6, 6.07) is 4.93. The summed E-state index contributed by atoms with van der Waals surface area (Å²) in [6.45, 7) is 3.08. The van der Waals surface area contributed by atoms with Crippen LogP contribution in [0.2, 0.25) is 15.1 Å². The van der Waals surface area contributed by atoms with Gasteiger partial charge in [0.25, 0.3) is 11.7 Å². The summed E-state index contributed by atoms with van der Waals surface area (Å²) in [7, 11) is 0. The van der Waals surface area contributed by atoms with Gasteiger partial charge in [-0.3, -0.25) is 4.79 Å². The number of benzene rings is 1. The smallest absolute Gasteiger partial charge is 0.254 e. The second-order valence-corrected chi connectivity index (χ2v) is 7.35. The third-order valence-electron chi connectivity index (χ3n) is 4.32. The van der Waals surface area contributed by atoms with Crippen LogP contribution in [0.5, 0.6) is 0 Å². The van der Waals surface area contributed by atoms with Crippen LogP contribution in [-0.2, 0) is 4.74 Å². The molecule has 0 radical (unpaired) electrons. The van der Waals surface area contributed by atoms with E-state index >= 15 is 0 Å². The number of fused-ring (bicyclic) bond motifs is 1. The topological polar surface area (TPSA) is 72.6 Å². The lowest BCUT2D eigenvalue weighted by Crippen LogP contribution is -2.42. The van der Waals surface area contributed by atoms with Gasteiger partial charge >= 0.3 is 0 Å². The third-order valence-corrected chi connectivity index (χ3v) is 5.52. The van der Waals surface area contributed by atoms with Gasteiger partial charge in [0.05, 0.1) is 33.9 Å². The molecule has 4 rings (SSSR count). The lowest BCUT2D eigenvalue weighted by atomic mass is 10.1. The van der Waals surface area contributed by atoms with Crippen molar-refractivity contribution in [2.45, 2.75) is 13.0 Å². The molecule has 1 saturated heterocycles. The second kappa shape index (κ2) is 7.24. The summed E-state index contributed by atoms with van der Waals surface area (Å²) in [5.41, 5.74) is 1.97. The Bertz CT molecular complexity index is 1020.